The van der Waals surface area contributed by atoms with Crippen molar-refractivity contribution in [2.75, 3.05) is 6.61 Å². The quantitative estimate of drug-likeness (QED) is 0.374. The van der Waals surface area contributed by atoms with E-state index in [1.165, 1.54) is 37.7 Å². The van der Waals surface area contributed by atoms with E-state index in [1.807, 2.05) is 18.2 Å². The van der Waals surface area contributed by atoms with E-state index >= 15 is 0 Å². The third kappa shape index (κ3) is 8.67. The topological polar surface area (TPSA) is 55.8 Å². The van der Waals surface area contributed by atoms with Gasteiger partial charge in [0.05, 0.1) is 6.61 Å². The Labute approximate surface area is 177 Å². The molecule has 0 amide bonds. The maximum absolute atomic E-state index is 10.6. The van der Waals surface area contributed by atoms with Crippen LogP contribution < -0.4 is 9.47 Å². The van der Waals surface area contributed by atoms with Crippen molar-refractivity contribution in [3.05, 3.63) is 23.8 Å². The van der Waals surface area contributed by atoms with Crippen LogP contribution in [-0.2, 0) is 11.2 Å². The highest BCUT2D eigenvalue weighted by Gasteiger charge is 2.31. The van der Waals surface area contributed by atoms with Crippen molar-refractivity contribution < 1.29 is 19.4 Å². The molecule has 0 saturated carbocycles. The molecule has 2 rings (SSSR count). The number of hydrogen-bond acceptors (Lipinski definition) is 3. The molecular weight excluding hydrogens is 364 g/mol. The Kier molecular flexibility index (Phi) is 9.32. The smallest absolute Gasteiger partial charge is 0.303 e. The van der Waals surface area contributed by atoms with Crippen LogP contribution in [0.5, 0.6) is 11.5 Å². The summed E-state index contributed by atoms with van der Waals surface area (Å²) in [6.45, 7) is 9.67. The van der Waals surface area contributed by atoms with Gasteiger partial charge in [0, 0.05) is 6.42 Å². The lowest BCUT2D eigenvalue weighted by Crippen LogP contribution is -2.36. The van der Waals surface area contributed by atoms with E-state index < -0.39 is 5.97 Å². The lowest BCUT2D eigenvalue weighted by atomic mass is 9.86. The molecule has 4 nitrogen and oxygen atoms in total. The molecule has 1 aromatic carbocycles. The summed E-state index contributed by atoms with van der Waals surface area (Å²) in [5.41, 5.74) is 1.12. The van der Waals surface area contributed by atoms with E-state index in [-0.39, 0.29) is 12.0 Å². The number of carboxylic acids is 1. The van der Waals surface area contributed by atoms with Gasteiger partial charge < -0.3 is 14.6 Å². The summed E-state index contributed by atoms with van der Waals surface area (Å²) in [6, 6.07) is 5.99. The van der Waals surface area contributed by atoms with Crippen LogP contribution in [0.4, 0.5) is 0 Å². The molecule has 2 unspecified atom stereocenters. The van der Waals surface area contributed by atoms with E-state index in [9.17, 15) is 4.79 Å². The Balaban J connectivity index is 1.75. The summed E-state index contributed by atoms with van der Waals surface area (Å²) in [5.74, 6) is 2.61. The zero-order chi connectivity index (χ0) is 21.3. The molecule has 0 spiro atoms. The number of carboxylic acid groups (broad SMARTS) is 1. The minimum absolute atomic E-state index is 0.0749. The molecule has 0 aliphatic carbocycles. The van der Waals surface area contributed by atoms with Crippen LogP contribution in [0.25, 0.3) is 0 Å². The molecule has 0 radical (unpaired) electrons. The Hall–Kier alpha value is -1.71. The molecule has 4 heteroatoms. The second kappa shape index (κ2) is 11.5. The van der Waals surface area contributed by atoms with Crippen LogP contribution in [0.3, 0.4) is 0 Å². The number of carbonyl (C=O) groups is 1. The van der Waals surface area contributed by atoms with Crippen molar-refractivity contribution in [1.29, 1.82) is 0 Å². The monoisotopic (exact) mass is 404 g/mol. The number of aliphatic carboxylic acids is 1. The molecule has 1 aromatic rings. The van der Waals surface area contributed by atoms with Gasteiger partial charge >= 0.3 is 5.97 Å². The molecule has 2 atom stereocenters. The highest BCUT2D eigenvalue weighted by molar-refractivity contribution is 5.66. The van der Waals surface area contributed by atoms with Gasteiger partial charge in [-0.3, -0.25) is 4.79 Å². The van der Waals surface area contributed by atoms with Gasteiger partial charge in [0.1, 0.15) is 17.1 Å². The van der Waals surface area contributed by atoms with E-state index in [1.54, 1.807) is 0 Å². The molecule has 0 saturated heterocycles. The maximum Gasteiger partial charge on any atom is 0.303 e. The lowest BCUT2D eigenvalue weighted by Gasteiger charge is -2.36. The third-order valence-electron chi connectivity index (χ3n) is 6.00. The lowest BCUT2D eigenvalue weighted by molar-refractivity contribution is -0.137. The highest BCUT2D eigenvalue weighted by atomic mass is 16.5. The Bertz CT molecular complexity index is 640. The van der Waals surface area contributed by atoms with Gasteiger partial charge in [-0.15, -0.1) is 0 Å². The molecular formula is C25H40O4. The van der Waals surface area contributed by atoms with E-state index in [4.69, 9.17) is 14.6 Å². The predicted molar refractivity (Wildman–Crippen MR) is 118 cm³/mol. The van der Waals surface area contributed by atoms with Gasteiger partial charge in [-0.25, -0.2) is 0 Å². The zero-order valence-corrected chi connectivity index (χ0v) is 18.8. The number of ether oxygens (including phenoxy) is 2. The average molecular weight is 405 g/mol. The molecule has 29 heavy (non-hydrogen) atoms. The molecule has 0 bridgehead atoms. The van der Waals surface area contributed by atoms with E-state index in [0.717, 1.165) is 42.6 Å². The first-order valence-electron chi connectivity index (χ1n) is 11.4. The van der Waals surface area contributed by atoms with Crippen molar-refractivity contribution in [2.24, 2.45) is 11.8 Å². The summed E-state index contributed by atoms with van der Waals surface area (Å²) in [5, 5.41) is 8.70. The summed E-state index contributed by atoms with van der Waals surface area (Å²) < 4.78 is 12.1. The van der Waals surface area contributed by atoms with Gasteiger partial charge in [0.25, 0.3) is 0 Å². The molecule has 1 aliphatic rings. The number of benzene rings is 1. The number of aryl methyl sites for hydroxylation is 1. The summed E-state index contributed by atoms with van der Waals surface area (Å²) in [4.78, 5) is 10.6. The van der Waals surface area contributed by atoms with Crippen LogP contribution in [0, 0.1) is 11.8 Å². The molecule has 1 aliphatic heterocycles. The zero-order valence-electron chi connectivity index (χ0n) is 18.8. The summed E-state index contributed by atoms with van der Waals surface area (Å²) >= 11 is 0. The van der Waals surface area contributed by atoms with Crippen LogP contribution in [0.1, 0.15) is 91.0 Å². The summed E-state index contributed by atoms with van der Waals surface area (Å²) in [6.07, 6.45) is 10.3. The molecule has 164 valence electrons. The van der Waals surface area contributed by atoms with Crippen molar-refractivity contribution in [2.45, 2.75) is 97.5 Å². The first-order valence-corrected chi connectivity index (χ1v) is 11.4. The van der Waals surface area contributed by atoms with Crippen LogP contribution >= 0.6 is 0 Å². The maximum atomic E-state index is 10.6. The first-order chi connectivity index (χ1) is 13.8. The molecule has 1 heterocycles. The van der Waals surface area contributed by atoms with Crippen LogP contribution in [0.15, 0.2) is 18.2 Å². The first kappa shape index (κ1) is 23.6. The van der Waals surface area contributed by atoms with Gasteiger partial charge in [-0.05, 0) is 74.6 Å². The van der Waals surface area contributed by atoms with Gasteiger partial charge in [-0.1, -0.05) is 46.5 Å². The Morgan fingerprint density at radius 2 is 1.93 bits per heavy atom. The fourth-order valence-corrected chi connectivity index (χ4v) is 4.09. The molecule has 0 aromatic heterocycles. The molecule has 0 fully saturated rings. The number of rotatable bonds is 13. The van der Waals surface area contributed by atoms with Crippen LogP contribution in [0.2, 0.25) is 0 Å². The molecule has 1 N–H and O–H groups in total. The summed E-state index contributed by atoms with van der Waals surface area (Å²) in [7, 11) is 0. The normalized spacial score (nSPS) is 19.5. The van der Waals surface area contributed by atoms with Crippen molar-refractivity contribution in [1.82, 2.24) is 0 Å². The van der Waals surface area contributed by atoms with Crippen LogP contribution in [-0.4, -0.2) is 23.3 Å². The SMILES string of the molecule is CC(C)CCCC(C)CCCC1(C)CCc2cc(OCCCC(=O)O)ccc2O1. The largest absolute Gasteiger partial charge is 0.494 e. The third-order valence-corrected chi connectivity index (χ3v) is 6.00. The van der Waals surface area contributed by atoms with Gasteiger partial charge in [-0.2, -0.15) is 0 Å². The Morgan fingerprint density at radius 1 is 1.17 bits per heavy atom. The number of hydrogen-bond donors (Lipinski definition) is 1. The van der Waals surface area contributed by atoms with E-state index in [2.05, 4.69) is 27.7 Å². The highest BCUT2D eigenvalue weighted by Crippen LogP contribution is 2.38. The standard InChI is InChI=1S/C25H40O4/c1-19(2)8-5-9-20(3)10-6-15-25(4)16-14-21-18-22(12-13-23(21)29-25)28-17-7-11-24(26)27/h12-13,18-20H,5-11,14-17H2,1-4H3,(H,26,27). The minimum atomic E-state index is -0.781. The second-order valence-electron chi connectivity index (χ2n) is 9.49. The van der Waals surface area contributed by atoms with E-state index in [0.29, 0.717) is 13.0 Å². The second-order valence-corrected chi connectivity index (χ2v) is 9.49. The van der Waals surface area contributed by atoms with Crippen molar-refractivity contribution in [3.63, 3.8) is 0 Å². The fourth-order valence-electron chi connectivity index (χ4n) is 4.09. The van der Waals surface area contributed by atoms with Crippen molar-refractivity contribution in [3.8, 4) is 11.5 Å². The van der Waals surface area contributed by atoms with Gasteiger partial charge in [0.15, 0.2) is 0 Å². The van der Waals surface area contributed by atoms with Crippen molar-refractivity contribution >= 4 is 5.97 Å². The number of fused-ring (bicyclic) bond motifs is 1. The predicted octanol–water partition coefficient (Wildman–Crippen LogP) is 6.65. The Morgan fingerprint density at radius 3 is 2.66 bits per heavy atom. The minimum Gasteiger partial charge on any atom is -0.494 e. The fraction of sp³-hybridized carbons (Fsp3) is 0.720. The van der Waals surface area contributed by atoms with Gasteiger partial charge in [0.2, 0.25) is 0 Å². The average Bonchev–Trinajstić information content (AvgIpc) is 2.65.